The number of carbonyl (C=O) groups excluding carboxylic acids is 1. The van der Waals surface area contributed by atoms with Gasteiger partial charge in [0, 0.05) is 24.3 Å². The van der Waals surface area contributed by atoms with Crippen LogP contribution in [0.3, 0.4) is 0 Å². The van der Waals surface area contributed by atoms with Gasteiger partial charge >= 0.3 is 5.97 Å². The first-order valence-electron chi connectivity index (χ1n) is 4.96. The van der Waals surface area contributed by atoms with Crippen molar-refractivity contribution in [1.82, 2.24) is 0 Å². The largest absolute Gasteiger partial charge is 0.481 e. The molecule has 1 aromatic carbocycles. The van der Waals surface area contributed by atoms with E-state index in [2.05, 4.69) is 0 Å². The Labute approximate surface area is 92.5 Å². The minimum atomic E-state index is -0.931. The summed E-state index contributed by atoms with van der Waals surface area (Å²) in [5, 5.41) is 8.85. The number of aliphatic carboxylic acids is 1. The molecule has 2 rings (SSSR count). The van der Waals surface area contributed by atoms with E-state index < -0.39 is 11.9 Å². The lowest BCUT2D eigenvalue weighted by Crippen LogP contribution is -2.25. The highest BCUT2D eigenvalue weighted by atomic mass is 16.4. The summed E-state index contributed by atoms with van der Waals surface area (Å²) in [7, 11) is 0. The zero-order valence-electron chi connectivity index (χ0n) is 8.59. The van der Waals surface area contributed by atoms with Crippen molar-refractivity contribution in [1.29, 1.82) is 0 Å². The van der Waals surface area contributed by atoms with Crippen LogP contribution in [0.25, 0.3) is 0 Å². The third kappa shape index (κ3) is 1.84. The Morgan fingerprint density at radius 3 is 2.81 bits per heavy atom. The molecule has 1 aromatic rings. The molecule has 0 radical (unpaired) electrons. The van der Waals surface area contributed by atoms with E-state index in [1.54, 1.807) is 24.3 Å². The first kappa shape index (κ1) is 10.5. The number of benzene rings is 1. The highest BCUT2D eigenvalue weighted by Crippen LogP contribution is 2.26. The van der Waals surface area contributed by atoms with Gasteiger partial charge in [-0.2, -0.15) is 0 Å². The quantitative estimate of drug-likeness (QED) is 0.719. The van der Waals surface area contributed by atoms with Gasteiger partial charge < -0.3 is 15.7 Å². The number of hydrogen-bond acceptors (Lipinski definition) is 3. The van der Waals surface area contributed by atoms with Gasteiger partial charge in [-0.05, 0) is 18.2 Å². The fourth-order valence-electron chi connectivity index (χ4n) is 1.82. The molecule has 0 aromatic heterocycles. The molecule has 0 spiro atoms. The molecule has 1 heterocycles. The minimum absolute atomic E-state index is 0.0597. The Balaban J connectivity index is 2.23. The number of nitrogens with two attached hydrogens (primary N) is 1. The maximum Gasteiger partial charge on any atom is 0.308 e. The summed E-state index contributed by atoms with van der Waals surface area (Å²) < 4.78 is 0. The van der Waals surface area contributed by atoms with Crippen molar-refractivity contribution in [3.8, 4) is 0 Å². The van der Waals surface area contributed by atoms with Crippen molar-refractivity contribution < 1.29 is 14.7 Å². The molecule has 1 atom stereocenters. The normalized spacial score (nSPS) is 20.1. The van der Waals surface area contributed by atoms with Crippen molar-refractivity contribution in [2.24, 2.45) is 5.92 Å². The van der Waals surface area contributed by atoms with E-state index >= 15 is 0 Å². The molecule has 1 fully saturated rings. The van der Waals surface area contributed by atoms with Crippen molar-refractivity contribution in [2.75, 3.05) is 17.2 Å². The van der Waals surface area contributed by atoms with Crippen LogP contribution in [0.1, 0.15) is 6.42 Å². The second kappa shape index (κ2) is 3.84. The number of carbonyl (C=O) groups is 2. The molecule has 1 aliphatic heterocycles. The summed E-state index contributed by atoms with van der Waals surface area (Å²) >= 11 is 0. The maximum atomic E-state index is 11.6. The van der Waals surface area contributed by atoms with Crippen molar-refractivity contribution in [3.63, 3.8) is 0 Å². The van der Waals surface area contributed by atoms with E-state index in [1.807, 2.05) is 0 Å². The van der Waals surface area contributed by atoms with Crippen molar-refractivity contribution in [2.45, 2.75) is 6.42 Å². The lowest BCUT2D eigenvalue weighted by molar-refractivity contribution is -0.141. The molecular weight excluding hydrogens is 208 g/mol. The van der Waals surface area contributed by atoms with Gasteiger partial charge in [-0.25, -0.2) is 0 Å². The predicted octanol–water partition coefficient (Wildman–Crippen LogP) is 0.706. The molecule has 0 saturated carbocycles. The predicted molar refractivity (Wildman–Crippen MR) is 59.0 cm³/mol. The Bertz CT molecular complexity index is 445. The molecule has 3 N–H and O–H groups in total. The van der Waals surface area contributed by atoms with Gasteiger partial charge in [0.25, 0.3) is 0 Å². The Morgan fingerprint density at radius 1 is 1.50 bits per heavy atom. The maximum absolute atomic E-state index is 11.6. The van der Waals surface area contributed by atoms with Crippen molar-refractivity contribution >= 4 is 23.3 Å². The standard InChI is InChI=1S/C11H12N2O3/c12-8-2-1-3-9(5-8)13-6-7(11(15)16)4-10(13)14/h1-3,5,7H,4,6,12H2,(H,15,16)/t7-/m1/s1. The Morgan fingerprint density at radius 2 is 2.25 bits per heavy atom. The Kier molecular flexibility index (Phi) is 2.52. The second-order valence-corrected chi connectivity index (χ2v) is 3.84. The fourth-order valence-corrected chi connectivity index (χ4v) is 1.82. The molecule has 1 aliphatic rings. The third-order valence-electron chi connectivity index (χ3n) is 2.66. The number of nitrogens with zero attached hydrogens (tertiary/aromatic N) is 1. The molecule has 84 valence electrons. The monoisotopic (exact) mass is 220 g/mol. The van der Waals surface area contributed by atoms with E-state index in [-0.39, 0.29) is 18.9 Å². The zero-order chi connectivity index (χ0) is 11.7. The smallest absolute Gasteiger partial charge is 0.308 e. The van der Waals surface area contributed by atoms with Crippen LogP contribution in [-0.2, 0) is 9.59 Å². The summed E-state index contributed by atoms with van der Waals surface area (Å²) in [5.74, 6) is -1.72. The highest BCUT2D eigenvalue weighted by Gasteiger charge is 2.34. The van der Waals surface area contributed by atoms with Crippen LogP contribution in [-0.4, -0.2) is 23.5 Å². The molecule has 1 amide bonds. The van der Waals surface area contributed by atoms with Gasteiger partial charge in [0.15, 0.2) is 0 Å². The first-order valence-corrected chi connectivity index (χ1v) is 4.96. The van der Waals surface area contributed by atoms with Gasteiger partial charge in [0.05, 0.1) is 5.92 Å². The number of carboxylic acids is 1. The number of anilines is 2. The van der Waals surface area contributed by atoms with Gasteiger partial charge in [-0.1, -0.05) is 6.07 Å². The van der Waals surface area contributed by atoms with E-state index in [9.17, 15) is 9.59 Å². The molecule has 1 saturated heterocycles. The van der Waals surface area contributed by atoms with Gasteiger partial charge in [-0.3, -0.25) is 9.59 Å². The molecular formula is C11H12N2O3. The van der Waals surface area contributed by atoms with E-state index in [0.29, 0.717) is 11.4 Å². The number of amides is 1. The molecule has 0 aliphatic carbocycles. The summed E-state index contributed by atoms with van der Waals surface area (Å²) in [6, 6.07) is 6.88. The van der Waals surface area contributed by atoms with Crippen LogP contribution < -0.4 is 10.6 Å². The summed E-state index contributed by atoms with van der Waals surface area (Å²) in [4.78, 5) is 23.9. The number of carboxylic acid groups (broad SMARTS) is 1. The van der Waals surface area contributed by atoms with Crippen LogP contribution in [0.15, 0.2) is 24.3 Å². The molecule has 16 heavy (non-hydrogen) atoms. The molecule has 5 heteroatoms. The molecule has 0 unspecified atom stereocenters. The first-order chi connectivity index (χ1) is 7.58. The zero-order valence-corrected chi connectivity index (χ0v) is 8.59. The lowest BCUT2D eigenvalue weighted by Gasteiger charge is -2.16. The van der Waals surface area contributed by atoms with E-state index in [1.165, 1.54) is 4.90 Å². The second-order valence-electron chi connectivity index (χ2n) is 3.84. The van der Waals surface area contributed by atoms with Crippen LogP contribution in [0.5, 0.6) is 0 Å². The average molecular weight is 220 g/mol. The number of nitrogen functional groups attached to an aromatic ring is 1. The van der Waals surface area contributed by atoms with Gasteiger partial charge in [-0.15, -0.1) is 0 Å². The molecule has 0 bridgehead atoms. The SMILES string of the molecule is Nc1cccc(N2C[C@H](C(=O)O)CC2=O)c1. The topological polar surface area (TPSA) is 83.6 Å². The van der Waals surface area contributed by atoms with Gasteiger partial charge in [0.2, 0.25) is 5.91 Å². The van der Waals surface area contributed by atoms with Crippen LogP contribution in [0, 0.1) is 5.92 Å². The molecule has 5 nitrogen and oxygen atoms in total. The summed E-state index contributed by atoms with van der Waals surface area (Å²) in [6.45, 7) is 0.220. The number of hydrogen-bond donors (Lipinski definition) is 2. The summed E-state index contributed by atoms with van der Waals surface area (Å²) in [5.41, 5.74) is 6.83. The fraction of sp³-hybridized carbons (Fsp3) is 0.273. The van der Waals surface area contributed by atoms with Crippen molar-refractivity contribution in [3.05, 3.63) is 24.3 Å². The third-order valence-corrected chi connectivity index (χ3v) is 2.66. The Hall–Kier alpha value is -2.04. The van der Waals surface area contributed by atoms with Crippen LogP contribution in [0.2, 0.25) is 0 Å². The summed E-state index contributed by atoms with van der Waals surface area (Å²) in [6.07, 6.45) is 0.0597. The lowest BCUT2D eigenvalue weighted by atomic mass is 10.1. The van der Waals surface area contributed by atoms with E-state index in [4.69, 9.17) is 10.8 Å². The van der Waals surface area contributed by atoms with Crippen LogP contribution in [0.4, 0.5) is 11.4 Å². The highest BCUT2D eigenvalue weighted by molar-refractivity contribution is 5.99. The number of rotatable bonds is 2. The minimum Gasteiger partial charge on any atom is -0.481 e. The average Bonchev–Trinajstić information content (AvgIpc) is 2.60. The van der Waals surface area contributed by atoms with Gasteiger partial charge in [0.1, 0.15) is 0 Å². The van der Waals surface area contributed by atoms with E-state index in [0.717, 1.165) is 0 Å². The van der Waals surface area contributed by atoms with Crippen LogP contribution >= 0.6 is 0 Å².